The van der Waals surface area contributed by atoms with Crippen molar-refractivity contribution in [3.63, 3.8) is 0 Å². The number of nitrogens with zero attached hydrogens (tertiary/aromatic N) is 1. The molecule has 0 saturated carbocycles. The largest absolute Gasteiger partial charge is 0.465 e. The normalized spacial score (nSPS) is 9.78. The maximum Gasteiger partial charge on any atom is 0.357 e. The number of carbonyl (C=O) groups excluding carboxylic acids is 4. The van der Waals surface area contributed by atoms with E-state index < -0.39 is 40.7 Å². The summed E-state index contributed by atoms with van der Waals surface area (Å²) in [5.41, 5.74) is -1.78. The van der Waals surface area contributed by atoms with Crippen molar-refractivity contribution in [3.05, 3.63) is 28.1 Å². The zero-order valence-corrected chi connectivity index (χ0v) is 13.2. The van der Waals surface area contributed by atoms with Gasteiger partial charge in [0, 0.05) is 0 Å². The number of aromatic nitrogens is 1. The minimum Gasteiger partial charge on any atom is -0.465 e. The first-order valence-corrected chi connectivity index (χ1v) is 6.21. The van der Waals surface area contributed by atoms with Gasteiger partial charge in [-0.2, -0.15) is 0 Å². The van der Waals surface area contributed by atoms with Crippen LogP contribution in [-0.2, 0) is 18.9 Å². The van der Waals surface area contributed by atoms with Crippen LogP contribution in [0.15, 0.2) is 0 Å². The zero-order chi connectivity index (χ0) is 17.7. The summed E-state index contributed by atoms with van der Waals surface area (Å²) in [5.74, 6) is -3.98. The second-order valence-corrected chi connectivity index (χ2v) is 4.14. The topological polar surface area (TPSA) is 118 Å². The highest BCUT2D eigenvalue weighted by molar-refractivity contribution is 6.14. The summed E-state index contributed by atoms with van der Waals surface area (Å²) in [6.45, 7) is 1.37. The Balaban J connectivity index is 3.97. The van der Waals surface area contributed by atoms with Gasteiger partial charge in [0.2, 0.25) is 0 Å². The van der Waals surface area contributed by atoms with Crippen LogP contribution < -0.4 is 0 Å². The third-order valence-corrected chi connectivity index (χ3v) is 2.93. The number of hydrogen-bond donors (Lipinski definition) is 0. The minimum atomic E-state index is -1.05. The molecule has 124 valence electrons. The Bertz CT molecular complexity index is 680. The van der Waals surface area contributed by atoms with Gasteiger partial charge >= 0.3 is 23.9 Å². The van der Waals surface area contributed by atoms with E-state index in [4.69, 9.17) is 0 Å². The summed E-state index contributed by atoms with van der Waals surface area (Å²) in [7, 11) is 4.27. The van der Waals surface area contributed by atoms with E-state index in [-0.39, 0.29) is 11.3 Å². The van der Waals surface area contributed by atoms with Crippen LogP contribution in [0.4, 0.5) is 0 Å². The summed E-state index contributed by atoms with van der Waals surface area (Å²) < 4.78 is 18.3. The number of carbonyl (C=O) groups is 4. The van der Waals surface area contributed by atoms with Crippen molar-refractivity contribution in [2.75, 3.05) is 28.4 Å². The zero-order valence-electron chi connectivity index (χ0n) is 13.2. The number of hydrogen-bond acceptors (Lipinski definition) is 9. The fourth-order valence-corrected chi connectivity index (χ4v) is 1.91. The molecule has 0 radical (unpaired) electrons. The molecule has 23 heavy (non-hydrogen) atoms. The third kappa shape index (κ3) is 3.28. The molecule has 0 amide bonds. The minimum absolute atomic E-state index is 0.00898. The van der Waals surface area contributed by atoms with E-state index in [2.05, 4.69) is 23.9 Å². The van der Waals surface area contributed by atoms with Crippen LogP contribution >= 0.6 is 0 Å². The molecule has 0 spiro atoms. The molecule has 0 unspecified atom stereocenters. The van der Waals surface area contributed by atoms with E-state index in [1.807, 2.05) is 0 Å². The molecule has 1 rings (SSSR count). The molecule has 0 aliphatic rings. The fraction of sp³-hybridized carbons (Fsp3) is 0.357. The number of ether oxygens (including phenoxy) is 4. The third-order valence-electron chi connectivity index (χ3n) is 2.93. The molecule has 0 atom stereocenters. The lowest BCUT2D eigenvalue weighted by Crippen LogP contribution is -2.25. The molecular weight excluding hydrogens is 310 g/mol. The van der Waals surface area contributed by atoms with Gasteiger partial charge in [-0.15, -0.1) is 0 Å². The Hall–Kier alpha value is -2.97. The average Bonchev–Trinajstić information content (AvgIpc) is 2.57. The predicted octanol–water partition coefficient (Wildman–Crippen LogP) is 0.536. The first-order valence-electron chi connectivity index (χ1n) is 6.21. The maximum atomic E-state index is 12.1. The van der Waals surface area contributed by atoms with Crippen LogP contribution in [0.25, 0.3) is 0 Å². The van der Waals surface area contributed by atoms with E-state index >= 15 is 0 Å². The summed E-state index contributed by atoms with van der Waals surface area (Å²) in [6.07, 6.45) is 0. The Morgan fingerprint density at radius 1 is 0.652 bits per heavy atom. The van der Waals surface area contributed by atoms with Gasteiger partial charge in [0.15, 0.2) is 5.69 Å². The summed E-state index contributed by atoms with van der Waals surface area (Å²) in [6, 6.07) is 0. The summed E-state index contributed by atoms with van der Waals surface area (Å²) in [4.78, 5) is 51.8. The van der Waals surface area contributed by atoms with Gasteiger partial charge in [0.1, 0.15) is 5.56 Å². The number of esters is 4. The predicted molar refractivity (Wildman–Crippen MR) is 74.3 cm³/mol. The Morgan fingerprint density at radius 2 is 1.04 bits per heavy atom. The molecular formula is C14H15NO8. The van der Waals surface area contributed by atoms with E-state index in [0.717, 1.165) is 28.4 Å². The molecule has 0 N–H and O–H groups in total. The molecule has 1 aromatic heterocycles. The molecule has 9 nitrogen and oxygen atoms in total. The smallest absolute Gasteiger partial charge is 0.357 e. The first-order chi connectivity index (χ1) is 10.8. The molecule has 0 aliphatic carbocycles. The number of rotatable bonds is 4. The van der Waals surface area contributed by atoms with Gasteiger partial charge in [-0.05, 0) is 6.92 Å². The van der Waals surface area contributed by atoms with Crippen molar-refractivity contribution in [3.8, 4) is 0 Å². The van der Waals surface area contributed by atoms with Crippen molar-refractivity contribution in [2.45, 2.75) is 6.92 Å². The number of aryl methyl sites for hydroxylation is 1. The monoisotopic (exact) mass is 325 g/mol. The lowest BCUT2D eigenvalue weighted by Gasteiger charge is -2.15. The standard InChI is InChI=1S/C14H15NO8/c1-6-7(11(16)20-2)8(12(17)21-3)9(13(18)22-4)10(15-6)14(19)23-5/h1-5H3. The molecule has 0 aromatic carbocycles. The number of methoxy groups -OCH3 is 4. The molecule has 9 heteroatoms. The highest BCUT2D eigenvalue weighted by atomic mass is 16.5. The van der Waals surface area contributed by atoms with Crippen LogP contribution in [0.2, 0.25) is 0 Å². The first kappa shape index (κ1) is 18.1. The van der Waals surface area contributed by atoms with Crippen LogP contribution in [0.3, 0.4) is 0 Å². The molecule has 0 bridgehead atoms. The molecule has 0 fully saturated rings. The van der Waals surface area contributed by atoms with Crippen molar-refractivity contribution >= 4 is 23.9 Å². The SMILES string of the molecule is COC(=O)c1nc(C)c(C(=O)OC)c(C(=O)OC)c1C(=O)OC. The van der Waals surface area contributed by atoms with E-state index in [9.17, 15) is 19.2 Å². The van der Waals surface area contributed by atoms with Crippen LogP contribution in [0.1, 0.15) is 47.3 Å². The lowest BCUT2D eigenvalue weighted by molar-refractivity contribution is 0.0516. The van der Waals surface area contributed by atoms with Gasteiger partial charge in [-0.1, -0.05) is 0 Å². The fourth-order valence-electron chi connectivity index (χ4n) is 1.91. The van der Waals surface area contributed by atoms with Gasteiger partial charge in [0.05, 0.1) is 45.3 Å². The van der Waals surface area contributed by atoms with Gasteiger partial charge < -0.3 is 18.9 Å². The second-order valence-electron chi connectivity index (χ2n) is 4.14. The average molecular weight is 325 g/mol. The maximum absolute atomic E-state index is 12.1. The molecule has 1 heterocycles. The van der Waals surface area contributed by atoms with Crippen LogP contribution in [0.5, 0.6) is 0 Å². The second kappa shape index (κ2) is 7.34. The van der Waals surface area contributed by atoms with Gasteiger partial charge in [0.25, 0.3) is 0 Å². The van der Waals surface area contributed by atoms with Crippen molar-refractivity contribution < 1.29 is 38.1 Å². The molecule has 1 aromatic rings. The Labute approximate surface area is 131 Å². The summed E-state index contributed by atoms with van der Waals surface area (Å²) >= 11 is 0. The lowest BCUT2D eigenvalue weighted by atomic mass is 9.98. The van der Waals surface area contributed by atoms with Crippen LogP contribution in [-0.4, -0.2) is 57.3 Å². The van der Waals surface area contributed by atoms with Crippen molar-refractivity contribution in [1.29, 1.82) is 0 Å². The van der Waals surface area contributed by atoms with Gasteiger partial charge in [-0.25, -0.2) is 24.2 Å². The molecule has 0 aliphatic heterocycles. The van der Waals surface area contributed by atoms with E-state index in [1.54, 1.807) is 0 Å². The Morgan fingerprint density at radius 3 is 1.48 bits per heavy atom. The van der Waals surface area contributed by atoms with Crippen molar-refractivity contribution in [1.82, 2.24) is 4.98 Å². The van der Waals surface area contributed by atoms with E-state index in [1.165, 1.54) is 6.92 Å². The van der Waals surface area contributed by atoms with Crippen molar-refractivity contribution in [2.24, 2.45) is 0 Å². The summed E-state index contributed by atoms with van der Waals surface area (Å²) in [5, 5.41) is 0. The quantitative estimate of drug-likeness (QED) is 0.577. The number of pyridine rings is 1. The van der Waals surface area contributed by atoms with Crippen LogP contribution in [0, 0.1) is 6.92 Å². The van der Waals surface area contributed by atoms with Gasteiger partial charge in [-0.3, -0.25) is 0 Å². The highest BCUT2D eigenvalue weighted by Gasteiger charge is 2.34. The molecule has 0 saturated heterocycles. The highest BCUT2D eigenvalue weighted by Crippen LogP contribution is 2.24. The Kier molecular flexibility index (Phi) is 5.77. The van der Waals surface area contributed by atoms with E-state index in [0.29, 0.717) is 0 Å².